The Bertz CT molecular complexity index is 559. The number of hydrogen-bond acceptors (Lipinski definition) is 3. The van der Waals surface area contributed by atoms with Crippen LogP contribution in [0.2, 0.25) is 5.02 Å². The molecule has 0 heterocycles. The van der Waals surface area contributed by atoms with E-state index in [1.807, 2.05) is 27.7 Å². The van der Waals surface area contributed by atoms with Crippen molar-refractivity contribution in [3.63, 3.8) is 0 Å². The average molecular weight is 355 g/mol. The first-order valence-corrected chi connectivity index (χ1v) is 8.81. The van der Waals surface area contributed by atoms with Gasteiger partial charge in [-0.05, 0) is 38.5 Å². The SMILES string of the molecule is CCCC(C)C(=O)Nc1ccc(OCC(=O)N(CC)CC)c(Cl)c1. The Morgan fingerprint density at radius 2 is 1.92 bits per heavy atom. The molecule has 0 saturated carbocycles. The van der Waals surface area contributed by atoms with Crippen LogP contribution in [0.1, 0.15) is 40.5 Å². The molecule has 1 unspecified atom stereocenters. The van der Waals surface area contributed by atoms with E-state index in [9.17, 15) is 9.59 Å². The molecule has 0 aromatic heterocycles. The summed E-state index contributed by atoms with van der Waals surface area (Å²) in [5.41, 5.74) is 0.621. The van der Waals surface area contributed by atoms with Crippen molar-refractivity contribution in [3.8, 4) is 5.75 Å². The van der Waals surface area contributed by atoms with Gasteiger partial charge in [0.2, 0.25) is 5.91 Å². The third-order valence-corrected chi connectivity index (χ3v) is 4.13. The monoisotopic (exact) mass is 354 g/mol. The lowest BCUT2D eigenvalue weighted by Crippen LogP contribution is -2.34. The number of carbonyl (C=O) groups excluding carboxylic acids is 2. The fraction of sp³-hybridized carbons (Fsp3) is 0.556. The second-order valence-corrected chi connectivity index (χ2v) is 6.09. The average Bonchev–Trinajstić information content (AvgIpc) is 2.55. The van der Waals surface area contributed by atoms with Crippen LogP contribution in [0, 0.1) is 5.92 Å². The van der Waals surface area contributed by atoms with Crippen LogP contribution in [-0.2, 0) is 9.59 Å². The topological polar surface area (TPSA) is 58.6 Å². The van der Waals surface area contributed by atoms with Gasteiger partial charge < -0.3 is 15.0 Å². The molecule has 2 amide bonds. The molecule has 0 spiro atoms. The smallest absolute Gasteiger partial charge is 0.260 e. The molecular formula is C18H27ClN2O3. The third kappa shape index (κ3) is 6.04. The number of amides is 2. The Hall–Kier alpha value is -1.75. The number of ether oxygens (including phenoxy) is 1. The van der Waals surface area contributed by atoms with Gasteiger partial charge in [0.1, 0.15) is 5.75 Å². The van der Waals surface area contributed by atoms with Crippen molar-refractivity contribution in [1.29, 1.82) is 0 Å². The predicted molar refractivity (Wildman–Crippen MR) is 97.6 cm³/mol. The van der Waals surface area contributed by atoms with Crippen molar-refractivity contribution in [3.05, 3.63) is 23.2 Å². The second kappa shape index (κ2) is 10.2. The minimum atomic E-state index is -0.0816. The van der Waals surface area contributed by atoms with Crippen molar-refractivity contribution in [2.75, 3.05) is 25.0 Å². The number of likely N-dealkylation sites (N-methyl/N-ethyl adjacent to an activating group) is 1. The van der Waals surface area contributed by atoms with Gasteiger partial charge in [0, 0.05) is 24.7 Å². The van der Waals surface area contributed by atoms with Gasteiger partial charge >= 0.3 is 0 Å². The van der Waals surface area contributed by atoms with E-state index in [2.05, 4.69) is 5.32 Å². The van der Waals surface area contributed by atoms with Gasteiger partial charge in [-0.15, -0.1) is 0 Å². The molecule has 0 radical (unpaired) electrons. The first-order valence-electron chi connectivity index (χ1n) is 8.43. The number of hydrogen-bond donors (Lipinski definition) is 1. The maximum Gasteiger partial charge on any atom is 0.260 e. The number of nitrogens with one attached hydrogen (secondary N) is 1. The quantitative estimate of drug-likeness (QED) is 0.730. The van der Waals surface area contributed by atoms with Crippen molar-refractivity contribution < 1.29 is 14.3 Å². The summed E-state index contributed by atoms with van der Waals surface area (Å²) >= 11 is 6.18. The fourth-order valence-electron chi connectivity index (χ4n) is 2.33. The van der Waals surface area contributed by atoms with Crippen molar-refractivity contribution in [1.82, 2.24) is 4.90 Å². The molecule has 1 aromatic carbocycles. The van der Waals surface area contributed by atoms with Crippen LogP contribution in [0.4, 0.5) is 5.69 Å². The van der Waals surface area contributed by atoms with E-state index in [0.29, 0.717) is 29.5 Å². The van der Waals surface area contributed by atoms with Crippen molar-refractivity contribution >= 4 is 29.1 Å². The van der Waals surface area contributed by atoms with E-state index in [1.54, 1.807) is 23.1 Å². The summed E-state index contributed by atoms with van der Waals surface area (Å²) in [7, 11) is 0. The lowest BCUT2D eigenvalue weighted by atomic mass is 10.1. The lowest BCUT2D eigenvalue weighted by Gasteiger charge is -2.19. The number of carbonyl (C=O) groups is 2. The fourth-order valence-corrected chi connectivity index (χ4v) is 2.57. The Morgan fingerprint density at radius 3 is 2.46 bits per heavy atom. The molecule has 1 atom stereocenters. The zero-order valence-corrected chi connectivity index (χ0v) is 15.7. The van der Waals surface area contributed by atoms with Crippen LogP contribution in [0.15, 0.2) is 18.2 Å². The molecule has 0 fully saturated rings. The van der Waals surface area contributed by atoms with Gasteiger partial charge in [0.15, 0.2) is 6.61 Å². The molecule has 134 valence electrons. The molecule has 5 nitrogen and oxygen atoms in total. The summed E-state index contributed by atoms with van der Waals surface area (Å²) in [5.74, 6) is 0.272. The minimum Gasteiger partial charge on any atom is -0.482 e. The van der Waals surface area contributed by atoms with E-state index < -0.39 is 0 Å². The van der Waals surface area contributed by atoms with E-state index in [-0.39, 0.29) is 24.3 Å². The maximum absolute atomic E-state index is 12.0. The molecule has 1 N–H and O–H groups in total. The van der Waals surface area contributed by atoms with Crippen LogP contribution >= 0.6 is 11.6 Å². The number of halogens is 1. The molecule has 0 aliphatic carbocycles. The van der Waals surface area contributed by atoms with Gasteiger partial charge in [-0.3, -0.25) is 9.59 Å². The Balaban J connectivity index is 2.64. The number of anilines is 1. The summed E-state index contributed by atoms with van der Waals surface area (Å²) in [6.45, 7) is 9.03. The summed E-state index contributed by atoms with van der Waals surface area (Å²) in [6, 6.07) is 5.02. The highest BCUT2D eigenvalue weighted by Crippen LogP contribution is 2.28. The standard InChI is InChI=1S/C18H27ClN2O3/c1-5-8-13(4)18(23)20-14-9-10-16(15(19)11-14)24-12-17(22)21(6-2)7-3/h9-11,13H,5-8,12H2,1-4H3,(H,20,23). The van der Waals surface area contributed by atoms with Crippen molar-refractivity contribution in [2.45, 2.75) is 40.5 Å². The summed E-state index contributed by atoms with van der Waals surface area (Å²) in [5, 5.41) is 3.21. The first-order chi connectivity index (χ1) is 11.4. The van der Waals surface area contributed by atoms with Crippen LogP contribution in [-0.4, -0.2) is 36.4 Å². The molecule has 0 saturated heterocycles. The maximum atomic E-state index is 12.0. The molecule has 0 bridgehead atoms. The van der Waals surface area contributed by atoms with E-state index >= 15 is 0 Å². The van der Waals surface area contributed by atoms with Gasteiger partial charge in [-0.25, -0.2) is 0 Å². The first kappa shape index (κ1) is 20.3. The molecule has 0 aliphatic rings. The van der Waals surface area contributed by atoms with Crippen LogP contribution in [0.25, 0.3) is 0 Å². The number of rotatable bonds is 9. The van der Waals surface area contributed by atoms with E-state index in [1.165, 1.54) is 0 Å². The van der Waals surface area contributed by atoms with Crippen LogP contribution in [0.5, 0.6) is 5.75 Å². The van der Waals surface area contributed by atoms with Crippen LogP contribution in [0.3, 0.4) is 0 Å². The Labute approximate surface area is 149 Å². The zero-order valence-electron chi connectivity index (χ0n) is 14.9. The molecule has 6 heteroatoms. The summed E-state index contributed by atoms with van der Waals surface area (Å²) in [6.07, 6.45) is 1.80. The molecular weight excluding hydrogens is 328 g/mol. The highest BCUT2D eigenvalue weighted by atomic mass is 35.5. The number of benzene rings is 1. The van der Waals surface area contributed by atoms with E-state index in [4.69, 9.17) is 16.3 Å². The predicted octanol–water partition coefficient (Wildman–Crippen LogP) is 3.96. The highest BCUT2D eigenvalue weighted by molar-refractivity contribution is 6.32. The van der Waals surface area contributed by atoms with Crippen LogP contribution < -0.4 is 10.1 Å². The second-order valence-electron chi connectivity index (χ2n) is 5.68. The normalized spacial score (nSPS) is 11.7. The summed E-state index contributed by atoms with van der Waals surface area (Å²) in [4.78, 5) is 25.7. The van der Waals surface area contributed by atoms with Gasteiger partial charge in [-0.1, -0.05) is 31.9 Å². The number of nitrogens with zero attached hydrogens (tertiary/aromatic N) is 1. The third-order valence-electron chi connectivity index (χ3n) is 3.84. The zero-order chi connectivity index (χ0) is 18.1. The molecule has 24 heavy (non-hydrogen) atoms. The molecule has 1 aromatic rings. The molecule has 0 aliphatic heterocycles. The van der Waals surface area contributed by atoms with Crippen molar-refractivity contribution in [2.24, 2.45) is 5.92 Å². The Kier molecular flexibility index (Phi) is 8.61. The van der Waals surface area contributed by atoms with Gasteiger partial charge in [0.25, 0.3) is 5.91 Å². The minimum absolute atomic E-state index is 0.0294. The summed E-state index contributed by atoms with van der Waals surface area (Å²) < 4.78 is 5.49. The van der Waals surface area contributed by atoms with E-state index in [0.717, 1.165) is 12.8 Å². The Morgan fingerprint density at radius 1 is 1.25 bits per heavy atom. The molecule has 1 rings (SSSR count). The lowest BCUT2D eigenvalue weighted by molar-refractivity contribution is -0.133. The van der Waals surface area contributed by atoms with Gasteiger partial charge in [0.05, 0.1) is 5.02 Å². The largest absolute Gasteiger partial charge is 0.482 e. The highest BCUT2D eigenvalue weighted by Gasteiger charge is 2.14. The van der Waals surface area contributed by atoms with Gasteiger partial charge in [-0.2, -0.15) is 0 Å².